The zero-order valence-corrected chi connectivity index (χ0v) is 16.6. The molecule has 4 nitrogen and oxygen atoms in total. The van der Waals surface area contributed by atoms with E-state index in [9.17, 15) is 13.6 Å². The van der Waals surface area contributed by atoms with Crippen LogP contribution in [-0.4, -0.2) is 14.2 Å². The van der Waals surface area contributed by atoms with Crippen LogP contribution in [0.3, 0.4) is 0 Å². The number of halogens is 4. The van der Waals surface area contributed by atoms with E-state index in [2.05, 4.69) is 4.98 Å². The molecule has 0 radical (unpaired) electrons. The van der Waals surface area contributed by atoms with Gasteiger partial charge in [-0.25, -0.2) is 23.0 Å². The first-order chi connectivity index (χ1) is 13.4. The number of benzene rings is 2. The zero-order valence-electron chi connectivity index (χ0n) is 14.3. The van der Waals surface area contributed by atoms with Crippen molar-refractivity contribution in [2.75, 3.05) is 0 Å². The van der Waals surface area contributed by atoms with Crippen molar-refractivity contribution < 1.29 is 8.78 Å². The molecule has 0 amide bonds. The molecule has 142 valence electrons. The number of hydrogen-bond donors (Lipinski definition) is 0. The summed E-state index contributed by atoms with van der Waals surface area (Å²) in [5.74, 6) is -1.32. The molecule has 9 heteroatoms. The fourth-order valence-corrected chi connectivity index (χ4v) is 4.25. The summed E-state index contributed by atoms with van der Waals surface area (Å²) in [6.45, 7) is 0. The summed E-state index contributed by atoms with van der Waals surface area (Å²) in [5, 5.41) is 0.678. The van der Waals surface area contributed by atoms with E-state index in [1.165, 1.54) is 23.0 Å². The molecule has 0 atom stereocenters. The van der Waals surface area contributed by atoms with Gasteiger partial charge in [0, 0.05) is 40.9 Å². The van der Waals surface area contributed by atoms with Crippen LogP contribution in [-0.2, 0) is 7.05 Å². The first kappa shape index (κ1) is 19.0. The number of rotatable bonds is 3. The second-order valence-corrected chi connectivity index (χ2v) is 7.86. The number of hydrogen-bond acceptors (Lipinski definition) is 3. The Morgan fingerprint density at radius 2 is 1.79 bits per heavy atom. The predicted molar refractivity (Wildman–Crippen MR) is 106 cm³/mol. The van der Waals surface area contributed by atoms with Crippen molar-refractivity contribution in [3.8, 4) is 11.1 Å². The third-order valence-electron chi connectivity index (χ3n) is 4.17. The molecule has 0 aliphatic heterocycles. The minimum Gasteiger partial charge on any atom is -0.267 e. The molecule has 2 heterocycles. The second-order valence-electron chi connectivity index (χ2n) is 5.94. The normalized spacial score (nSPS) is 11.3. The fraction of sp³-hybridized carbons (Fsp3) is 0.0526. The highest BCUT2D eigenvalue weighted by atomic mass is 35.5. The van der Waals surface area contributed by atoms with Crippen molar-refractivity contribution in [2.24, 2.45) is 7.05 Å². The topological polar surface area (TPSA) is 39.3 Å². The maximum Gasteiger partial charge on any atom is 0.277 e. The molecule has 28 heavy (non-hydrogen) atoms. The highest BCUT2D eigenvalue weighted by molar-refractivity contribution is 7.99. The number of aryl methyl sites for hydroxylation is 1. The lowest BCUT2D eigenvalue weighted by Crippen LogP contribution is -2.16. The van der Waals surface area contributed by atoms with Crippen molar-refractivity contribution in [1.29, 1.82) is 0 Å². The lowest BCUT2D eigenvalue weighted by atomic mass is 10.1. The summed E-state index contributed by atoms with van der Waals surface area (Å²) in [4.78, 5) is 18.0. The standard InChI is InChI=1S/C19H11Cl2F2N3OS/c1-25-19(27)17(16-12(20)3-2-4-13(16)21)18-24-8-11(9-26(18)25)28-15-6-5-10(22)7-14(15)23/h2-9H,1H3. The van der Waals surface area contributed by atoms with Gasteiger partial charge in [-0.05, 0) is 24.3 Å². The average molecular weight is 438 g/mol. The van der Waals surface area contributed by atoms with Crippen molar-refractivity contribution in [3.63, 3.8) is 0 Å². The number of nitrogens with zero attached hydrogens (tertiary/aromatic N) is 3. The molecule has 0 unspecified atom stereocenters. The highest BCUT2D eigenvalue weighted by Gasteiger charge is 2.21. The quantitative estimate of drug-likeness (QED) is 0.428. The fourth-order valence-electron chi connectivity index (χ4n) is 2.86. The van der Waals surface area contributed by atoms with Gasteiger partial charge in [-0.1, -0.05) is 41.0 Å². The smallest absolute Gasteiger partial charge is 0.267 e. The minimum atomic E-state index is -0.671. The van der Waals surface area contributed by atoms with Crippen LogP contribution in [0.2, 0.25) is 10.0 Å². The number of fused-ring (bicyclic) bond motifs is 1. The summed E-state index contributed by atoms with van der Waals surface area (Å²) in [5.41, 5.74) is 0.734. The molecule has 2 aromatic carbocycles. The molecular weight excluding hydrogens is 427 g/mol. The van der Waals surface area contributed by atoms with Gasteiger partial charge in [0.25, 0.3) is 5.56 Å². The van der Waals surface area contributed by atoms with Crippen LogP contribution in [0.15, 0.2) is 63.4 Å². The Labute approximate surface area is 172 Å². The van der Waals surface area contributed by atoms with Gasteiger partial charge in [0.15, 0.2) is 5.65 Å². The van der Waals surface area contributed by atoms with Crippen LogP contribution >= 0.6 is 35.0 Å². The lowest BCUT2D eigenvalue weighted by molar-refractivity contribution is 0.565. The van der Waals surface area contributed by atoms with Gasteiger partial charge in [0.1, 0.15) is 11.6 Å². The minimum absolute atomic E-state index is 0.245. The van der Waals surface area contributed by atoms with E-state index in [1.807, 2.05) is 0 Å². The second kappa shape index (κ2) is 7.24. The van der Waals surface area contributed by atoms with Gasteiger partial charge >= 0.3 is 0 Å². The Balaban J connectivity index is 1.86. The summed E-state index contributed by atoms with van der Waals surface area (Å²) >= 11 is 13.6. The molecule has 4 aromatic rings. The van der Waals surface area contributed by atoms with E-state index >= 15 is 0 Å². The van der Waals surface area contributed by atoms with E-state index in [1.54, 1.807) is 36.0 Å². The van der Waals surface area contributed by atoms with Gasteiger partial charge in [0.2, 0.25) is 0 Å². The maximum atomic E-state index is 13.9. The third kappa shape index (κ3) is 3.19. The van der Waals surface area contributed by atoms with E-state index in [0.29, 0.717) is 26.2 Å². The Kier molecular flexibility index (Phi) is 4.91. The first-order valence-corrected chi connectivity index (χ1v) is 9.58. The Morgan fingerprint density at radius 1 is 1.07 bits per heavy atom. The molecule has 0 N–H and O–H groups in total. The Hall–Kier alpha value is -2.35. The summed E-state index contributed by atoms with van der Waals surface area (Å²) in [6, 6.07) is 8.33. The largest absolute Gasteiger partial charge is 0.277 e. The van der Waals surface area contributed by atoms with Crippen molar-refractivity contribution in [3.05, 3.63) is 80.8 Å². The van der Waals surface area contributed by atoms with Crippen molar-refractivity contribution >= 4 is 40.6 Å². The zero-order chi connectivity index (χ0) is 20.0. The molecule has 0 bridgehead atoms. The molecule has 0 fully saturated rings. The van der Waals surface area contributed by atoms with Crippen LogP contribution in [0.5, 0.6) is 0 Å². The average Bonchev–Trinajstić information content (AvgIpc) is 2.89. The molecule has 2 aromatic heterocycles. The molecule has 4 rings (SSSR count). The number of aromatic nitrogens is 3. The van der Waals surface area contributed by atoms with E-state index in [4.69, 9.17) is 23.2 Å². The third-order valence-corrected chi connectivity index (χ3v) is 5.80. The Bertz CT molecular complexity index is 1270. The van der Waals surface area contributed by atoms with Crippen molar-refractivity contribution in [1.82, 2.24) is 14.2 Å². The van der Waals surface area contributed by atoms with E-state index in [0.717, 1.165) is 17.8 Å². The predicted octanol–water partition coefficient (Wildman–Crippen LogP) is 5.44. The van der Waals surface area contributed by atoms with Crippen LogP contribution in [0, 0.1) is 11.6 Å². The van der Waals surface area contributed by atoms with Crippen LogP contribution in [0.25, 0.3) is 16.8 Å². The molecule has 0 saturated carbocycles. The monoisotopic (exact) mass is 437 g/mol. The van der Waals surface area contributed by atoms with E-state index in [-0.39, 0.29) is 16.0 Å². The molecular formula is C19H11Cl2F2N3OS. The van der Waals surface area contributed by atoms with Gasteiger partial charge in [0.05, 0.1) is 15.6 Å². The lowest BCUT2D eigenvalue weighted by Gasteiger charge is -2.06. The maximum absolute atomic E-state index is 13.9. The summed E-state index contributed by atoms with van der Waals surface area (Å²) < 4.78 is 29.9. The summed E-state index contributed by atoms with van der Waals surface area (Å²) in [6.07, 6.45) is 3.15. The van der Waals surface area contributed by atoms with Crippen LogP contribution in [0.1, 0.15) is 0 Å². The Morgan fingerprint density at radius 3 is 2.46 bits per heavy atom. The van der Waals surface area contributed by atoms with Crippen LogP contribution in [0.4, 0.5) is 8.78 Å². The highest BCUT2D eigenvalue weighted by Crippen LogP contribution is 2.36. The van der Waals surface area contributed by atoms with Gasteiger partial charge in [-0.3, -0.25) is 4.79 Å². The van der Waals surface area contributed by atoms with Gasteiger partial charge in [-0.2, -0.15) is 0 Å². The molecule has 0 aliphatic rings. The first-order valence-electron chi connectivity index (χ1n) is 8.01. The molecule has 0 spiro atoms. The SMILES string of the molecule is Cn1c(=O)c(-c2c(Cl)cccc2Cl)c2ncc(Sc3ccc(F)cc3F)cn21. The van der Waals surface area contributed by atoms with Gasteiger partial charge in [-0.15, -0.1) is 0 Å². The van der Waals surface area contributed by atoms with Crippen LogP contribution < -0.4 is 5.56 Å². The van der Waals surface area contributed by atoms with Gasteiger partial charge < -0.3 is 0 Å². The van der Waals surface area contributed by atoms with Crippen molar-refractivity contribution in [2.45, 2.75) is 9.79 Å². The molecule has 0 saturated heterocycles. The molecule has 0 aliphatic carbocycles. The summed E-state index contributed by atoms with van der Waals surface area (Å²) in [7, 11) is 1.58. The van der Waals surface area contributed by atoms with E-state index < -0.39 is 11.6 Å².